The summed E-state index contributed by atoms with van der Waals surface area (Å²) in [6.07, 6.45) is 0. The molecule has 1 aromatic heterocycles. The van der Waals surface area contributed by atoms with Gasteiger partial charge in [-0.05, 0) is 41.5 Å². The van der Waals surface area contributed by atoms with Gasteiger partial charge in [-0.3, -0.25) is 4.79 Å². The normalized spacial score (nSPS) is 17.0. The molecule has 2 heterocycles. The van der Waals surface area contributed by atoms with E-state index >= 15 is 0 Å². The summed E-state index contributed by atoms with van der Waals surface area (Å²) in [7, 11) is 3.29. The first-order valence-corrected chi connectivity index (χ1v) is 13.3. The van der Waals surface area contributed by atoms with Crippen molar-refractivity contribution >= 4 is 45.8 Å². The van der Waals surface area contributed by atoms with Crippen molar-refractivity contribution in [2.75, 3.05) is 19.4 Å². The van der Waals surface area contributed by atoms with E-state index in [2.05, 4.69) is 59.3 Å². The van der Waals surface area contributed by atoms with Crippen LogP contribution in [-0.4, -0.2) is 45.9 Å². The first-order chi connectivity index (χ1) is 16.1. The second kappa shape index (κ2) is 9.73. The van der Waals surface area contributed by atoms with Crippen molar-refractivity contribution < 1.29 is 14.1 Å². The fraction of sp³-hybridized carbons (Fsp3) is 0.480. The molecule has 35 heavy (non-hydrogen) atoms. The molecule has 10 heteroatoms. The summed E-state index contributed by atoms with van der Waals surface area (Å²) in [4.78, 5) is 16.7. The van der Waals surface area contributed by atoms with E-state index in [0.29, 0.717) is 5.84 Å². The highest BCUT2D eigenvalue weighted by Gasteiger charge is 2.33. The van der Waals surface area contributed by atoms with E-state index in [-0.39, 0.29) is 45.6 Å². The second-order valence-electron chi connectivity index (χ2n) is 11.0. The Morgan fingerprint density at radius 3 is 2.20 bits per heavy atom. The molecule has 190 valence electrons. The number of nitrogens with zero attached hydrogens (tertiary/aromatic N) is 3. The molecule has 2 atom stereocenters. The highest BCUT2D eigenvalue weighted by molar-refractivity contribution is 7.83. The third-order valence-corrected chi connectivity index (χ3v) is 7.36. The topological polar surface area (TPSA) is 106 Å². The number of rotatable bonds is 4. The van der Waals surface area contributed by atoms with Crippen LogP contribution in [0.25, 0.3) is 0 Å². The van der Waals surface area contributed by atoms with E-state index < -0.39 is 11.2 Å². The highest BCUT2D eigenvalue weighted by atomic mass is 32.2. The van der Waals surface area contributed by atoms with E-state index in [1.165, 1.54) is 9.78 Å². The smallest absolute Gasteiger partial charge is 0.269 e. The number of aromatic hydroxyl groups is 1. The predicted octanol–water partition coefficient (Wildman–Crippen LogP) is 4.94. The molecule has 0 saturated carbocycles. The van der Waals surface area contributed by atoms with E-state index in [1.54, 1.807) is 31.5 Å². The molecule has 1 aliphatic heterocycles. The minimum Gasteiger partial charge on any atom is -0.505 e. The van der Waals surface area contributed by atoms with Crippen LogP contribution >= 0.6 is 11.3 Å². The lowest BCUT2D eigenvalue weighted by Crippen LogP contribution is -2.41. The molecule has 1 amide bonds. The van der Waals surface area contributed by atoms with Crippen molar-refractivity contribution in [3.05, 3.63) is 45.1 Å². The summed E-state index contributed by atoms with van der Waals surface area (Å²) in [6.45, 7) is 14.4. The van der Waals surface area contributed by atoms with Gasteiger partial charge in [0.25, 0.3) is 17.1 Å². The Morgan fingerprint density at radius 2 is 1.69 bits per heavy atom. The largest absolute Gasteiger partial charge is 0.505 e. The predicted molar refractivity (Wildman–Crippen MR) is 146 cm³/mol. The number of anilines is 1. The van der Waals surface area contributed by atoms with Crippen molar-refractivity contribution in [1.82, 2.24) is 10.2 Å². The standard InChI is InChI=1S/C25H35N5O3S2/c1-14-10-13-17(34-14)20(25(5,6)7)27-22-21(28-35(33)29-22)26-16-12-11-15(24(2,3)4)18(19(16)31)23(32)30(8)9/h10-13,20,31H,1-9H3,(H,26,28)(H,27,29)/t20-,35?/m0/s1. The Labute approximate surface area is 214 Å². The van der Waals surface area contributed by atoms with Crippen LogP contribution in [0.4, 0.5) is 5.69 Å². The molecule has 0 aliphatic carbocycles. The SMILES string of the molecule is Cc1ccc([C@H](NC2=NS(=O)N=C2Nc2ccc(C(C)(C)C)c(C(=O)N(C)C)c2O)C(C)(C)C)s1. The molecule has 3 N–H and O–H groups in total. The van der Waals surface area contributed by atoms with Gasteiger partial charge in [-0.15, -0.1) is 20.1 Å². The number of carbonyl (C=O) groups is 1. The van der Waals surface area contributed by atoms with Gasteiger partial charge in [-0.2, -0.15) is 0 Å². The number of nitrogens with one attached hydrogen (secondary N) is 2. The Morgan fingerprint density at radius 1 is 1.06 bits per heavy atom. The minimum atomic E-state index is -1.80. The molecule has 0 radical (unpaired) electrons. The zero-order chi connectivity index (χ0) is 26.3. The highest BCUT2D eigenvalue weighted by Crippen LogP contribution is 2.38. The Kier molecular flexibility index (Phi) is 7.48. The van der Waals surface area contributed by atoms with Gasteiger partial charge in [0.05, 0.1) is 17.3 Å². The molecule has 0 spiro atoms. The molecule has 3 rings (SSSR count). The Hall–Kier alpha value is -2.72. The van der Waals surface area contributed by atoms with Crippen LogP contribution in [-0.2, 0) is 16.6 Å². The summed E-state index contributed by atoms with van der Waals surface area (Å²) in [5.41, 5.74) is 0.701. The number of benzene rings is 1. The van der Waals surface area contributed by atoms with Crippen LogP contribution in [0, 0.1) is 12.3 Å². The fourth-order valence-corrected chi connectivity index (χ4v) is 5.58. The maximum absolute atomic E-state index is 13.0. The monoisotopic (exact) mass is 517 g/mol. The van der Waals surface area contributed by atoms with Crippen molar-refractivity contribution in [2.45, 2.75) is 59.9 Å². The summed E-state index contributed by atoms with van der Waals surface area (Å²) < 4.78 is 20.6. The molecule has 1 aromatic carbocycles. The quantitative estimate of drug-likeness (QED) is 0.498. The number of aryl methyl sites for hydroxylation is 1. The zero-order valence-electron chi connectivity index (χ0n) is 21.8. The van der Waals surface area contributed by atoms with E-state index in [1.807, 2.05) is 26.8 Å². The summed E-state index contributed by atoms with van der Waals surface area (Å²) in [5.74, 6) is 0.0972. The van der Waals surface area contributed by atoms with Gasteiger partial charge >= 0.3 is 0 Å². The number of phenolic OH excluding ortho intramolecular Hbond substituents is 1. The van der Waals surface area contributed by atoms with Crippen LogP contribution in [0.3, 0.4) is 0 Å². The third-order valence-electron chi connectivity index (χ3n) is 5.61. The number of amidine groups is 2. The number of carbonyl (C=O) groups excluding carboxylic acids is 1. The van der Waals surface area contributed by atoms with Crippen LogP contribution in [0.2, 0.25) is 0 Å². The first-order valence-electron chi connectivity index (χ1n) is 11.4. The molecule has 0 fully saturated rings. The zero-order valence-corrected chi connectivity index (χ0v) is 23.4. The van der Waals surface area contributed by atoms with Gasteiger partial charge in [0.2, 0.25) is 0 Å². The average Bonchev–Trinajstić information content (AvgIpc) is 3.29. The summed E-state index contributed by atoms with van der Waals surface area (Å²) in [6, 6.07) is 7.57. The second-order valence-corrected chi connectivity index (χ2v) is 13.1. The lowest BCUT2D eigenvalue weighted by atomic mass is 9.82. The van der Waals surface area contributed by atoms with Crippen molar-refractivity contribution in [1.29, 1.82) is 0 Å². The first kappa shape index (κ1) is 26.9. The molecular formula is C25H35N5O3S2. The molecule has 1 aliphatic rings. The average molecular weight is 518 g/mol. The van der Waals surface area contributed by atoms with E-state index in [4.69, 9.17) is 0 Å². The van der Waals surface area contributed by atoms with Crippen LogP contribution < -0.4 is 10.6 Å². The van der Waals surface area contributed by atoms with E-state index in [0.717, 1.165) is 10.4 Å². The number of hydrogen-bond acceptors (Lipinski definition) is 6. The summed E-state index contributed by atoms with van der Waals surface area (Å²) in [5, 5.41) is 17.6. The van der Waals surface area contributed by atoms with Crippen LogP contribution in [0.5, 0.6) is 5.75 Å². The number of hydrogen-bond donors (Lipinski definition) is 3. The molecule has 2 aromatic rings. The lowest BCUT2D eigenvalue weighted by Gasteiger charge is -2.31. The van der Waals surface area contributed by atoms with Crippen LogP contribution in [0.15, 0.2) is 33.1 Å². The van der Waals surface area contributed by atoms with Crippen molar-refractivity contribution in [2.24, 2.45) is 14.2 Å². The maximum Gasteiger partial charge on any atom is 0.269 e. The fourth-order valence-electron chi connectivity index (χ4n) is 3.78. The maximum atomic E-state index is 13.0. The third kappa shape index (κ3) is 5.92. The van der Waals surface area contributed by atoms with Crippen molar-refractivity contribution in [3.63, 3.8) is 0 Å². The van der Waals surface area contributed by atoms with Gasteiger partial charge in [-0.25, -0.2) is 4.21 Å². The molecule has 0 bridgehead atoms. The van der Waals surface area contributed by atoms with Crippen LogP contribution in [0.1, 0.15) is 73.3 Å². The number of phenols is 1. The van der Waals surface area contributed by atoms with Gasteiger partial charge in [0.15, 0.2) is 17.4 Å². The molecular weight excluding hydrogens is 482 g/mol. The lowest BCUT2D eigenvalue weighted by molar-refractivity contribution is 0.0822. The number of thiophene rings is 1. The van der Waals surface area contributed by atoms with Gasteiger partial charge in [-0.1, -0.05) is 47.6 Å². The Balaban J connectivity index is 1.98. The van der Waals surface area contributed by atoms with E-state index in [9.17, 15) is 14.1 Å². The van der Waals surface area contributed by atoms with Gasteiger partial charge < -0.3 is 20.6 Å². The van der Waals surface area contributed by atoms with Gasteiger partial charge in [0.1, 0.15) is 0 Å². The Bertz CT molecular complexity index is 1220. The molecule has 1 unspecified atom stereocenters. The van der Waals surface area contributed by atoms with Crippen molar-refractivity contribution in [3.8, 4) is 5.75 Å². The molecule has 8 nitrogen and oxygen atoms in total. The summed E-state index contributed by atoms with van der Waals surface area (Å²) >= 11 is -0.110. The number of amides is 1. The minimum absolute atomic E-state index is 0.107. The molecule has 0 saturated heterocycles. The van der Waals surface area contributed by atoms with Gasteiger partial charge in [0, 0.05) is 23.8 Å².